The Labute approximate surface area is 194 Å². The Balaban J connectivity index is 1.75. The fourth-order valence-electron chi connectivity index (χ4n) is 3.28. The molecule has 1 N–H and O–H groups in total. The number of halogens is 1. The molecule has 4 rings (SSSR count). The van der Waals surface area contributed by atoms with Crippen LogP contribution in [0.15, 0.2) is 47.2 Å². The monoisotopic (exact) mass is 492 g/mol. The number of nitrogens with one attached hydrogen (secondary N) is 1. The van der Waals surface area contributed by atoms with Crippen molar-refractivity contribution >= 4 is 27.6 Å². The average Bonchev–Trinajstić information content (AvgIpc) is 3.51. The van der Waals surface area contributed by atoms with E-state index < -0.39 is 10.0 Å². The minimum atomic E-state index is -3.86. The van der Waals surface area contributed by atoms with Gasteiger partial charge >= 0.3 is 0 Å². The number of rotatable bonds is 9. The number of ether oxygens (including phenoxy) is 2. The van der Waals surface area contributed by atoms with E-state index in [2.05, 4.69) is 20.0 Å². The van der Waals surface area contributed by atoms with Crippen molar-refractivity contribution in [3.05, 3.63) is 53.5 Å². The molecule has 0 aliphatic heterocycles. The summed E-state index contributed by atoms with van der Waals surface area (Å²) in [6, 6.07) is 8.55. The van der Waals surface area contributed by atoms with Crippen LogP contribution in [0.2, 0.25) is 5.02 Å². The van der Waals surface area contributed by atoms with Crippen molar-refractivity contribution in [2.75, 3.05) is 24.7 Å². The molecule has 174 valence electrons. The lowest BCUT2D eigenvalue weighted by molar-refractivity contribution is 0.391. The summed E-state index contributed by atoms with van der Waals surface area (Å²) in [5.74, 6) is 1.14. The molecular weight excluding hydrogens is 472 g/mol. The highest BCUT2D eigenvalue weighted by molar-refractivity contribution is 7.92. The largest absolute Gasteiger partial charge is 0.494 e. The van der Waals surface area contributed by atoms with Gasteiger partial charge in [0, 0.05) is 19.7 Å². The molecule has 1 aromatic carbocycles. The summed E-state index contributed by atoms with van der Waals surface area (Å²) in [6.45, 7) is 0. The van der Waals surface area contributed by atoms with Gasteiger partial charge in [0.2, 0.25) is 21.8 Å². The lowest BCUT2D eigenvalue weighted by Gasteiger charge is -2.17. The molecule has 0 saturated heterocycles. The molecule has 0 atom stereocenters. The van der Waals surface area contributed by atoms with Gasteiger partial charge in [-0.15, -0.1) is 10.2 Å². The second-order valence-electron chi connectivity index (χ2n) is 6.94. The van der Waals surface area contributed by atoms with Gasteiger partial charge in [0.1, 0.15) is 17.2 Å². The predicted molar refractivity (Wildman–Crippen MR) is 121 cm³/mol. The first-order valence-corrected chi connectivity index (χ1v) is 11.7. The van der Waals surface area contributed by atoms with E-state index >= 15 is 0 Å². The lowest BCUT2D eigenvalue weighted by atomic mass is 10.2. The van der Waals surface area contributed by atoms with Crippen LogP contribution in [0.25, 0.3) is 17.3 Å². The molecule has 0 radical (unpaired) electrons. The third-order valence-corrected chi connectivity index (χ3v) is 6.29. The second kappa shape index (κ2) is 9.16. The number of para-hydroxylation sites is 1. The van der Waals surface area contributed by atoms with Crippen molar-refractivity contribution in [3.63, 3.8) is 0 Å². The van der Waals surface area contributed by atoms with Crippen LogP contribution in [0.5, 0.6) is 11.5 Å². The van der Waals surface area contributed by atoms with Crippen molar-refractivity contribution in [2.24, 2.45) is 7.05 Å². The minimum Gasteiger partial charge on any atom is -0.494 e. The molecule has 0 amide bonds. The number of nitrogens with zero attached hydrogens (tertiary/aromatic N) is 5. The smallest absolute Gasteiger partial charge is 0.243 e. The van der Waals surface area contributed by atoms with Crippen LogP contribution in [0.4, 0.5) is 5.95 Å². The Kier molecular flexibility index (Phi) is 6.29. The number of anilines is 1. The highest BCUT2D eigenvalue weighted by atomic mass is 35.5. The van der Waals surface area contributed by atoms with Crippen LogP contribution in [0.1, 0.15) is 5.69 Å². The van der Waals surface area contributed by atoms with E-state index in [1.165, 1.54) is 29.7 Å². The van der Waals surface area contributed by atoms with Gasteiger partial charge in [0.15, 0.2) is 5.76 Å². The summed E-state index contributed by atoms with van der Waals surface area (Å²) < 4.78 is 47.8. The molecule has 0 aliphatic carbocycles. The maximum absolute atomic E-state index is 12.9. The highest BCUT2D eigenvalue weighted by Gasteiger charge is 2.26. The summed E-state index contributed by atoms with van der Waals surface area (Å²) in [5.41, 5.74) is 0.887. The van der Waals surface area contributed by atoms with Crippen molar-refractivity contribution < 1.29 is 22.3 Å². The summed E-state index contributed by atoms with van der Waals surface area (Å²) >= 11 is 6.10. The Morgan fingerprint density at radius 3 is 2.42 bits per heavy atom. The zero-order valence-electron chi connectivity index (χ0n) is 18.0. The van der Waals surface area contributed by atoms with Gasteiger partial charge in [0.25, 0.3) is 0 Å². The third kappa shape index (κ3) is 4.66. The quantitative estimate of drug-likeness (QED) is 0.378. The van der Waals surface area contributed by atoms with Gasteiger partial charge in [-0.05, 0) is 24.3 Å². The van der Waals surface area contributed by atoms with E-state index in [9.17, 15) is 8.42 Å². The summed E-state index contributed by atoms with van der Waals surface area (Å²) in [4.78, 5) is 0. The molecule has 11 nitrogen and oxygen atoms in total. The number of methoxy groups -OCH3 is 2. The van der Waals surface area contributed by atoms with Gasteiger partial charge in [-0.25, -0.2) is 8.42 Å². The minimum absolute atomic E-state index is 0.0590. The predicted octanol–water partition coefficient (Wildman–Crippen LogP) is 2.92. The molecule has 0 aliphatic rings. The van der Waals surface area contributed by atoms with Crippen LogP contribution in [-0.2, 0) is 23.5 Å². The molecule has 4 aromatic rings. The first-order chi connectivity index (χ1) is 15.8. The summed E-state index contributed by atoms with van der Waals surface area (Å²) in [7, 11) is 0.842. The SMILES string of the molecule is COc1cccc(OC)c1-n1c(NS(=O)(=O)CCc2nn(C)cc2Cl)nnc1-c1ccco1. The van der Waals surface area contributed by atoms with E-state index in [0.717, 1.165) is 0 Å². The molecule has 13 heteroatoms. The van der Waals surface area contributed by atoms with Crippen LogP contribution in [0, 0.1) is 0 Å². The highest BCUT2D eigenvalue weighted by Crippen LogP contribution is 2.37. The van der Waals surface area contributed by atoms with Crippen molar-refractivity contribution in [2.45, 2.75) is 6.42 Å². The van der Waals surface area contributed by atoms with E-state index in [-0.39, 0.29) is 23.9 Å². The molecule has 3 heterocycles. The second-order valence-corrected chi connectivity index (χ2v) is 9.19. The number of aromatic nitrogens is 5. The molecule has 0 bridgehead atoms. The topological polar surface area (TPSA) is 126 Å². The van der Waals surface area contributed by atoms with E-state index in [1.54, 1.807) is 43.6 Å². The Morgan fingerprint density at radius 1 is 1.12 bits per heavy atom. The molecule has 3 aromatic heterocycles. The fraction of sp³-hybridized carbons (Fsp3) is 0.250. The van der Waals surface area contributed by atoms with E-state index in [0.29, 0.717) is 33.7 Å². The maximum atomic E-state index is 12.9. The standard InChI is InChI=1S/C20H21ClN6O5S/c1-26-12-13(21)14(24-26)9-11-33(28,29)25-20-23-22-19(17-8-5-10-32-17)27(20)18-15(30-2)6-4-7-16(18)31-3/h4-8,10,12H,9,11H2,1-3H3,(H,23,25). The lowest BCUT2D eigenvalue weighted by Crippen LogP contribution is -2.21. The molecular formula is C20H21ClN6O5S. The van der Waals surface area contributed by atoms with Crippen LogP contribution in [-0.4, -0.2) is 52.9 Å². The van der Waals surface area contributed by atoms with Crippen LogP contribution >= 0.6 is 11.6 Å². The normalized spacial score (nSPS) is 11.5. The number of hydrogen-bond acceptors (Lipinski definition) is 8. The van der Waals surface area contributed by atoms with Crippen molar-refractivity contribution in [1.82, 2.24) is 24.5 Å². The van der Waals surface area contributed by atoms with Gasteiger partial charge in [0.05, 0.1) is 37.0 Å². The van der Waals surface area contributed by atoms with Gasteiger partial charge in [-0.3, -0.25) is 14.0 Å². The third-order valence-electron chi connectivity index (χ3n) is 4.74. The van der Waals surface area contributed by atoms with Crippen molar-refractivity contribution in [1.29, 1.82) is 0 Å². The van der Waals surface area contributed by atoms with Gasteiger partial charge in [-0.1, -0.05) is 17.7 Å². The Morgan fingerprint density at radius 2 is 1.85 bits per heavy atom. The van der Waals surface area contributed by atoms with Crippen LogP contribution < -0.4 is 14.2 Å². The molecule has 0 unspecified atom stereocenters. The van der Waals surface area contributed by atoms with Crippen molar-refractivity contribution in [3.8, 4) is 28.8 Å². The van der Waals surface area contributed by atoms with Gasteiger partial charge < -0.3 is 13.9 Å². The first kappa shape index (κ1) is 22.7. The van der Waals surface area contributed by atoms with E-state index in [4.69, 9.17) is 25.5 Å². The molecule has 0 saturated carbocycles. The first-order valence-electron chi connectivity index (χ1n) is 9.72. The number of furan rings is 1. The average molecular weight is 493 g/mol. The zero-order valence-corrected chi connectivity index (χ0v) is 19.6. The molecule has 33 heavy (non-hydrogen) atoms. The summed E-state index contributed by atoms with van der Waals surface area (Å²) in [6.07, 6.45) is 3.21. The Hall–Kier alpha value is -3.51. The number of sulfonamides is 1. The molecule has 0 spiro atoms. The maximum Gasteiger partial charge on any atom is 0.243 e. The number of aryl methyl sites for hydroxylation is 2. The van der Waals surface area contributed by atoms with Crippen LogP contribution in [0.3, 0.4) is 0 Å². The zero-order chi connectivity index (χ0) is 23.6. The number of hydrogen-bond donors (Lipinski definition) is 1. The Bertz CT molecular complexity index is 1340. The summed E-state index contributed by atoms with van der Waals surface area (Å²) in [5, 5.41) is 12.8. The molecule has 0 fully saturated rings. The van der Waals surface area contributed by atoms with E-state index in [1.807, 2.05) is 0 Å². The number of benzene rings is 1. The van der Waals surface area contributed by atoms with Gasteiger partial charge in [-0.2, -0.15) is 5.10 Å². The fourth-order valence-corrected chi connectivity index (χ4v) is 4.52.